The normalized spacial score (nSPS) is 14.5. The van der Waals surface area contributed by atoms with Gasteiger partial charge in [0.2, 0.25) is 0 Å². The van der Waals surface area contributed by atoms with Crippen LogP contribution in [0.25, 0.3) is 56.4 Å². The first-order valence-electron chi connectivity index (χ1n) is 15.4. The number of benzene rings is 5. The molecule has 2 aliphatic rings. The van der Waals surface area contributed by atoms with Crippen LogP contribution in [0.5, 0.6) is 0 Å². The number of nitrogens with zero attached hydrogens (tertiary/aromatic N) is 4. The Balaban J connectivity index is 1.26. The smallest absolute Gasteiger partial charge is 0.164 e. The highest BCUT2D eigenvalue weighted by Crippen LogP contribution is 2.56. The van der Waals surface area contributed by atoms with E-state index >= 15 is 0 Å². The maximum atomic E-state index is 9.71. The van der Waals surface area contributed by atoms with Crippen molar-refractivity contribution in [1.29, 1.82) is 5.26 Å². The molecule has 1 saturated carbocycles. The van der Waals surface area contributed by atoms with Crippen LogP contribution >= 0.6 is 0 Å². The third-order valence-electron chi connectivity index (χ3n) is 9.37. The summed E-state index contributed by atoms with van der Waals surface area (Å²) in [5.74, 6) is 1.99. The quantitative estimate of drug-likeness (QED) is 0.213. The Morgan fingerprint density at radius 2 is 0.955 bits per heavy atom. The molecule has 1 heterocycles. The van der Waals surface area contributed by atoms with Crippen molar-refractivity contribution in [1.82, 2.24) is 15.0 Å². The second-order valence-corrected chi connectivity index (χ2v) is 11.9. The largest absolute Gasteiger partial charge is 0.208 e. The molecule has 1 fully saturated rings. The van der Waals surface area contributed by atoms with Gasteiger partial charge < -0.3 is 0 Å². The highest BCUT2D eigenvalue weighted by atomic mass is 15.0. The average molecular weight is 567 g/mol. The molecule has 2 aliphatic carbocycles. The predicted octanol–water partition coefficient (Wildman–Crippen LogP) is 9.64. The van der Waals surface area contributed by atoms with Gasteiger partial charge in [0.05, 0.1) is 11.6 Å². The van der Waals surface area contributed by atoms with Crippen LogP contribution in [-0.2, 0) is 5.41 Å². The number of fused-ring (bicyclic) bond motifs is 5. The third-order valence-corrected chi connectivity index (χ3v) is 9.37. The van der Waals surface area contributed by atoms with E-state index in [1.54, 1.807) is 0 Å². The minimum atomic E-state index is -0.0722. The van der Waals surface area contributed by atoms with Gasteiger partial charge in [0, 0.05) is 22.1 Å². The van der Waals surface area contributed by atoms with Crippen LogP contribution < -0.4 is 0 Å². The molecule has 6 aromatic rings. The molecule has 8 rings (SSSR count). The fourth-order valence-corrected chi connectivity index (χ4v) is 7.19. The van der Waals surface area contributed by atoms with Crippen molar-refractivity contribution in [3.8, 4) is 62.5 Å². The summed E-state index contributed by atoms with van der Waals surface area (Å²) >= 11 is 0. The van der Waals surface area contributed by atoms with E-state index < -0.39 is 0 Å². The molecule has 0 bridgehead atoms. The summed E-state index contributed by atoms with van der Waals surface area (Å²) in [5.41, 5.74) is 11.1. The van der Waals surface area contributed by atoms with Crippen LogP contribution in [0.1, 0.15) is 48.8 Å². The number of aromatic nitrogens is 3. The first-order chi connectivity index (χ1) is 21.7. The Morgan fingerprint density at radius 3 is 1.59 bits per heavy atom. The van der Waals surface area contributed by atoms with E-state index in [0.29, 0.717) is 17.5 Å². The van der Waals surface area contributed by atoms with E-state index in [2.05, 4.69) is 84.9 Å². The molecule has 0 radical (unpaired) electrons. The van der Waals surface area contributed by atoms with Gasteiger partial charge in [-0.15, -0.1) is 0 Å². The zero-order valence-electron chi connectivity index (χ0n) is 24.4. The molecule has 0 N–H and O–H groups in total. The highest BCUT2D eigenvalue weighted by Gasteiger charge is 2.44. The SMILES string of the molecule is N#Cc1ccc2c(c1)C1(CCCCC1)c1cc(-c3nc(-c4ccccc4)nc(-c4ccc(-c5ccccc5)cc4)n3)ccc1-2. The Kier molecular flexibility index (Phi) is 6.38. The lowest BCUT2D eigenvalue weighted by Gasteiger charge is -2.36. The fraction of sp³-hybridized carbons (Fsp3) is 0.150. The lowest BCUT2D eigenvalue weighted by Crippen LogP contribution is -2.28. The van der Waals surface area contributed by atoms with Crippen molar-refractivity contribution >= 4 is 0 Å². The van der Waals surface area contributed by atoms with Crippen molar-refractivity contribution in [3.05, 3.63) is 138 Å². The molecule has 0 atom stereocenters. The van der Waals surface area contributed by atoms with Crippen LogP contribution in [0.15, 0.2) is 121 Å². The van der Waals surface area contributed by atoms with E-state index in [-0.39, 0.29) is 5.41 Å². The van der Waals surface area contributed by atoms with E-state index in [1.165, 1.54) is 47.1 Å². The maximum absolute atomic E-state index is 9.71. The number of hydrogen-bond donors (Lipinski definition) is 0. The topological polar surface area (TPSA) is 62.5 Å². The van der Waals surface area contributed by atoms with Crippen LogP contribution in [-0.4, -0.2) is 15.0 Å². The Labute approximate surface area is 257 Å². The van der Waals surface area contributed by atoms with Crippen molar-refractivity contribution in [2.45, 2.75) is 37.5 Å². The van der Waals surface area contributed by atoms with Crippen LogP contribution in [0.3, 0.4) is 0 Å². The molecule has 0 unspecified atom stereocenters. The first kappa shape index (κ1) is 26.2. The van der Waals surface area contributed by atoms with Gasteiger partial charge in [-0.2, -0.15) is 5.26 Å². The molecule has 0 aliphatic heterocycles. The second kappa shape index (κ2) is 10.7. The Bertz CT molecular complexity index is 2030. The summed E-state index contributed by atoms with van der Waals surface area (Å²) < 4.78 is 0. The minimum absolute atomic E-state index is 0.0722. The van der Waals surface area contributed by atoms with Crippen LogP contribution in [0, 0.1) is 11.3 Å². The van der Waals surface area contributed by atoms with Gasteiger partial charge in [0.1, 0.15) is 0 Å². The molecule has 4 nitrogen and oxygen atoms in total. The van der Waals surface area contributed by atoms with E-state index in [1.807, 2.05) is 42.5 Å². The number of rotatable bonds is 4. The molecule has 0 amide bonds. The van der Waals surface area contributed by atoms with Crippen molar-refractivity contribution in [2.24, 2.45) is 0 Å². The maximum Gasteiger partial charge on any atom is 0.164 e. The molecule has 1 aromatic heterocycles. The second-order valence-electron chi connectivity index (χ2n) is 11.9. The lowest BCUT2D eigenvalue weighted by molar-refractivity contribution is 0.353. The van der Waals surface area contributed by atoms with E-state index in [0.717, 1.165) is 40.7 Å². The molecule has 4 heteroatoms. The fourth-order valence-electron chi connectivity index (χ4n) is 7.19. The summed E-state index contributed by atoms with van der Waals surface area (Å²) in [7, 11) is 0. The Hall–Kier alpha value is -5.40. The van der Waals surface area contributed by atoms with E-state index in [9.17, 15) is 5.26 Å². The van der Waals surface area contributed by atoms with Gasteiger partial charge in [-0.3, -0.25) is 0 Å². The summed E-state index contributed by atoms with van der Waals surface area (Å²) in [6, 6.07) is 44.3. The molecular formula is C40H30N4. The monoisotopic (exact) mass is 566 g/mol. The summed E-state index contributed by atoms with van der Waals surface area (Å²) in [6.07, 6.45) is 5.82. The molecule has 0 saturated heterocycles. The average Bonchev–Trinajstić information content (AvgIpc) is 3.36. The number of nitriles is 1. The Morgan fingerprint density at radius 1 is 0.477 bits per heavy atom. The first-order valence-corrected chi connectivity index (χ1v) is 15.4. The van der Waals surface area contributed by atoms with Crippen molar-refractivity contribution in [3.63, 3.8) is 0 Å². The minimum Gasteiger partial charge on any atom is -0.208 e. The zero-order chi connectivity index (χ0) is 29.5. The molecule has 210 valence electrons. The van der Waals surface area contributed by atoms with Crippen LogP contribution in [0.4, 0.5) is 0 Å². The summed E-state index contributed by atoms with van der Waals surface area (Å²) in [4.78, 5) is 15.1. The molecule has 1 spiro atoms. The summed E-state index contributed by atoms with van der Waals surface area (Å²) in [5, 5.41) is 9.71. The van der Waals surface area contributed by atoms with Gasteiger partial charge in [0.15, 0.2) is 17.5 Å². The van der Waals surface area contributed by atoms with Gasteiger partial charge in [0.25, 0.3) is 0 Å². The van der Waals surface area contributed by atoms with Crippen molar-refractivity contribution in [2.75, 3.05) is 0 Å². The summed E-state index contributed by atoms with van der Waals surface area (Å²) in [6.45, 7) is 0. The zero-order valence-corrected chi connectivity index (χ0v) is 24.4. The van der Waals surface area contributed by atoms with Gasteiger partial charge in [-0.1, -0.05) is 122 Å². The van der Waals surface area contributed by atoms with Gasteiger partial charge in [-0.25, -0.2) is 15.0 Å². The molecular weight excluding hydrogens is 536 g/mol. The van der Waals surface area contributed by atoms with E-state index in [4.69, 9.17) is 15.0 Å². The van der Waals surface area contributed by atoms with Crippen LogP contribution in [0.2, 0.25) is 0 Å². The lowest BCUT2D eigenvalue weighted by atomic mass is 9.67. The third kappa shape index (κ3) is 4.41. The van der Waals surface area contributed by atoms with Gasteiger partial charge >= 0.3 is 0 Å². The van der Waals surface area contributed by atoms with Gasteiger partial charge in [-0.05, 0) is 64.4 Å². The predicted molar refractivity (Wildman–Crippen MR) is 176 cm³/mol. The standard InChI is InChI=1S/C40H30N4/c41-26-27-14-20-33-34-21-19-32(25-36(34)40(35(33)24-27)22-8-3-9-23-40)39-43-37(30-12-6-2-7-13-30)42-38(44-39)31-17-15-29(16-18-31)28-10-4-1-5-11-28/h1-2,4-7,10-21,24-25H,3,8-9,22-23H2. The number of hydrogen-bond acceptors (Lipinski definition) is 4. The highest BCUT2D eigenvalue weighted by molar-refractivity contribution is 5.84. The molecule has 44 heavy (non-hydrogen) atoms. The molecule has 5 aromatic carbocycles. The van der Waals surface area contributed by atoms with Crippen molar-refractivity contribution < 1.29 is 0 Å².